The van der Waals surface area contributed by atoms with Crippen LogP contribution in [0.5, 0.6) is 0 Å². The number of aromatic nitrogens is 1. The Balaban J connectivity index is 0.00000312. The molecule has 144 valence electrons. The summed E-state index contributed by atoms with van der Waals surface area (Å²) in [5, 5.41) is 6.63. The van der Waals surface area contributed by atoms with Crippen molar-refractivity contribution in [2.24, 2.45) is 10.9 Å². The fourth-order valence-electron chi connectivity index (χ4n) is 3.11. The van der Waals surface area contributed by atoms with Crippen LogP contribution >= 0.6 is 35.3 Å². The lowest BCUT2D eigenvalue weighted by molar-refractivity contribution is 0.255. The summed E-state index contributed by atoms with van der Waals surface area (Å²) in [6, 6.07) is 0. The summed E-state index contributed by atoms with van der Waals surface area (Å²) < 4.78 is 0. The van der Waals surface area contributed by atoms with Gasteiger partial charge < -0.3 is 20.0 Å². The second kappa shape index (κ2) is 11.2. The van der Waals surface area contributed by atoms with Gasteiger partial charge in [-0.3, -0.25) is 4.99 Å². The van der Waals surface area contributed by atoms with Crippen molar-refractivity contribution >= 4 is 46.4 Å². The molecule has 0 spiro atoms. The number of nitrogens with zero attached hydrogens (tertiary/aromatic N) is 5. The van der Waals surface area contributed by atoms with E-state index in [0.29, 0.717) is 0 Å². The predicted octanol–water partition coefficient (Wildman–Crippen LogP) is 2.57. The first-order chi connectivity index (χ1) is 11.6. The normalized spacial score (nSPS) is 17.8. The zero-order valence-electron chi connectivity index (χ0n) is 16.2. The topological polar surface area (TPSA) is 47.0 Å². The average molecular weight is 480 g/mol. The van der Waals surface area contributed by atoms with Crippen LogP contribution in [0.15, 0.2) is 10.4 Å². The van der Waals surface area contributed by atoms with Gasteiger partial charge in [0.15, 0.2) is 11.1 Å². The maximum atomic E-state index is 4.62. The molecule has 0 amide bonds. The van der Waals surface area contributed by atoms with Gasteiger partial charge in [-0.05, 0) is 25.4 Å². The molecule has 0 saturated carbocycles. The van der Waals surface area contributed by atoms with Crippen molar-refractivity contribution in [3.05, 3.63) is 11.1 Å². The van der Waals surface area contributed by atoms with Crippen LogP contribution < -0.4 is 10.2 Å². The van der Waals surface area contributed by atoms with E-state index < -0.39 is 0 Å². The van der Waals surface area contributed by atoms with Crippen LogP contribution in [0.2, 0.25) is 0 Å². The molecule has 1 aliphatic heterocycles. The van der Waals surface area contributed by atoms with Crippen molar-refractivity contribution in [1.82, 2.24) is 20.1 Å². The Labute approximate surface area is 173 Å². The fraction of sp³-hybridized carbons (Fsp3) is 0.765. The number of guanidine groups is 1. The van der Waals surface area contributed by atoms with Crippen LogP contribution in [0.1, 0.15) is 26.0 Å². The van der Waals surface area contributed by atoms with E-state index in [4.69, 9.17) is 0 Å². The third-order valence-electron chi connectivity index (χ3n) is 4.56. The standard InChI is InChI=1S/C17H32N6S.HI/c1-6-22(7-2)11-14-8-9-23(12-14)16(18-3)19-10-15-13-24-17(20-15)21(4)5;/h13-14H,6-12H2,1-5H3,(H,18,19);1H. The van der Waals surface area contributed by atoms with E-state index >= 15 is 0 Å². The van der Waals surface area contributed by atoms with Crippen molar-refractivity contribution in [2.45, 2.75) is 26.8 Å². The molecule has 1 aromatic rings. The van der Waals surface area contributed by atoms with Crippen LogP contribution in [0.3, 0.4) is 0 Å². The largest absolute Gasteiger partial charge is 0.354 e. The van der Waals surface area contributed by atoms with Crippen molar-refractivity contribution in [2.75, 3.05) is 58.8 Å². The van der Waals surface area contributed by atoms with E-state index in [1.165, 1.54) is 13.0 Å². The molecular weight excluding hydrogens is 447 g/mol. The molecule has 25 heavy (non-hydrogen) atoms. The van der Waals surface area contributed by atoms with Crippen LogP contribution in [0.4, 0.5) is 5.13 Å². The molecule has 1 N–H and O–H groups in total. The van der Waals surface area contributed by atoms with Crippen LogP contribution in [-0.2, 0) is 6.54 Å². The van der Waals surface area contributed by atoms with Gasteiger partial charge in [-0.15, -0.1) is 35.3 Å². The second-order valence-electron chi connectivity index (χ2n) is 6.50. The molecule has 1 unspecified atom stereocenters. The summed E-state index contributed by atoms with van der Waals surface area (Å²) in [6.07, 6.45) is 1.25. The molecule has 1 fully saturated rings. The third-order valence-corrected chi connectivity index (χ3v) is 5.62. The van der Waals surface area contributed by atoms with Crippen molar-refractivity contribution in [3.63, 3.8) is 0 Å². The molecule has 0 radical (unpaired) electrons. The number of hydrogen-bond donors (Lipinski definition) is 1. The van der Waals surface area contributed by atoms with Gasteiger partial charge in [-0.1, -0.05) is 13.8 Å². The maximum Gasteiger partial charge on any atom is 0.193 e. The molecule has 1 aromatic heterocycles. The Morgan fingerprint density at radius 1 is 1.40 bits per heavy atom. The number of nitrogens with one attached hydrogen (secondary N) is 1. The van der Waals surface area contributed by atoms with Gasteiger partial charge >= 0.3 is 0 Å². The SMILES string of the molecule is CCN(CC)CC1CCN(C(=NC)NCc2csc(N(C)C)n2)C1.I. The number of thiazole rings is 1. The first-order valence-corrected chi connectivity index (χ1v) is 9.75. The Hall–Kier alpha value is -0.610. The van der Waals surface area contributed by atoms with Gasteiger partial charge in [0.25, 0.3) is 0 Å². The number of anilines is 1. The number of rotatable bonds is 7. The molecule has 1 atom stereocenters. The summed E-state index contributed by atoms with van der Waals surface area (Å²) >= 11 is 1.68. The number of aliphatic imine (C=N–C) groups is 1. The number of likely N-dealkylation sites (tertiary alicyclic amines) is 1. The van der Waals surface area contributed by atoms with Crippen molar-refractivity contribution in [3.8, 4) is 0 Å². The minimum atomic E-state index is 0. The molecular formula is C17H33IN6S. The van der Waals surface area contributed by atoms with Crippen molar-refractivity contribution in [1.29, 1.82) is 0 Å². The third kappa shape index (κ3) is 6.56. The van der Waals surface area contributed by atoms with Gasteiger partial charge in [-0.2, -0.15) is 0 Å². The highest BCUT2D eigenvalue weighted by Crippen LogP contribution is 2.19. The quantitative estimate of drug-likeness (QED) is 0.370. The van der Waals surface area contributed by atoms with Gasteiger partial charge in [-0.25, -0.2) is 4.98 Å². The smallest absolute Gasteiger partial charge is 0.193 e. The average Bonchev–Trinajstić information content (AvgIpc) is 3.23. The van der Waals surface area contributed by atoms with E-state index in [1.807, 2.05) is 26.0 Å². The van der Waals surface area contributed by atoms with E-state index in [-0.39, 0.29) is 24.0 Å². The Morgan fingerprint density at radius 3 is 2.68 bits per heavy atom. The van der Waals surface area contributed by atoms with Gasteiger partial charge in [0.05, 0.1) is 12.2 Å². The van der Waals surface area contributed by atoms with Crippen LogP contribution in [-0.4, -0.2) is 74.6 Å². The van der Waals surface area contributed by atoms with Crippen molar-refractivity contribution < 1.29 is 0 Å². The number of hydrogen-bond acceptors (Lipinski definition) is 5. The Kier molecular flexibility index (Phi) is 10.0. The minimum absolute atomic E-state index is 0. The predicted molar refractivity (Wildman–Crippen MR) is 120 cm³/mol. The summed E-state index contributed by atoms with van der Waals surface area (Å²) in [7, 11) is 5.91. The lowest BCUT2D eigenvalue weighted by atomic mass is 10.1. The molecule has 1 saturated heterocycles. The molecule has 0 aliphatic carbocycles. The number of halogens is 1. The van der Waals surface area contributed by atoms with E-state index in [1.54, 1.807) is 11.3 Å². The van der Waals surface area contributed by atoms with E-state index in [0.717, 1.165) is 55.4 Å². The summed E-state index contributed by atoms with van der Waals surface area (Å²) in [5.41, 5.74) is 1.07. The summed E-state index contributed by atoms with van der Waals surface area (Å²) in [5.74, 6) is 1.74. The second-order valence-corrected chi connectivity index (χ2v) is 7.34. The lowest BCUT2D eigenvalue weighted by Gasteiger charge is -2.24. The lowest BCUT2D eigenvalue weighted by Crippen LogP contribution is -2.40. The zero-order valence-corrected chi connectivity index (χ0v) is 19.3. The first kappa shape index (κ1) is 22.4. The molecule has 0 bridgehead atoms. The Bertz CT molecular complexity index is 529. The summed E-state index contributed by atoms with van der Waals surface area (Å²) in [4.78, 5) is 16.0. The first-order valence-electron chi connectivity index (χ1n) is 8.87. The van der Waals surface area contributed by atoms with Gasteiger partial charge in [0, 0.05) is 46.2 Å². The van der Waals surface area contributed by atoms with Crippen LogP contribution in [0.25, 0.3) is 0 Å². The Morgan fingerprint density at radius 2 is 2.12 bits per heavy atom. The van der Waals surface area contributed by atoms with Gasteiger partial charge in [0.2, 0.25) is 0 Å². The highest BCUT2D eigenvalue weighted by atomic mass is 127. The highest BCUT2D eigenvalue weighted by molar-refractivity contribution is 14.0. The molecule has 2 rings (SSSR count). The van der Waals surface area contributed by atoms with Gasteiger partial charge in [0.1, 0.15) is 0 Å². The van der Waals surface area contributed by atoms with E-state index in [2.05, 4.69) is 44.3 Å². The highest BCUT2D eigenvalue weighted by Gasteiger charge is 2.25. The van der Waals surface area contributed by atoms with E-state index in [9.17, 15) is 0 Å². The molecule has 6 nitrogen and oxygen atoms in total. The molecule has 2 heterocycles. The monoisotopic (exact) mass is 480 g/mol. The zero-order chi connectivity index (χ0) is 17.5. The van der Waals surface area contributed by atoms with Crippen LogP contribution in [0, 0.1) is 5.92 Å². The minimum Gasteiger partial charge on any atom is -0.354 e. The summed E-state index contributed by atoms with van der Waals surface area (Å²) in [6.45, 7) is 10.9. The molecule has 8 heteroatoms. The maximum absolute atomic E-state index is 4.62. The fourth-order valence-corrected chi connectivity index (χ4v) is 3.86. The molecule has 1 aliphatic rings. The molecule has 0 aromatic carbocycles.